The average molecular weight is 451 g/mol. The fourth-order valence-corrected chi connectivity index (χ4v) is 4.76. The van der Waals surface area contributed by atoms with Gasteiger partial charge in [-0.15, -0.1) is 0 Å². The Morgan fingerprint density at radius 3 is 2.27 bits per heavy atom. The van der Waals surface area contributed by atoms with E-state index in [9.17, 15) is 10.2 Å². The number of aliphatic imine (C=N–C) groups is 1. The van der Waals surface area contributed by atoms with Gasteiger partial charge in [0.15, 0.2) is 0 Å². The van der Waals surface area contributed by atoms with E-state index in [2.05, 4.69) is 65.6 Å². The lowest BCUT2D eigenvalue weighted by Gasteiger charge is -2.37. The van der Waals surface area contributed by atoms with Gasteiger partial charge in [0.25, 0.3) is 0 Å². The van der Waals surface area contributed by atoms with Crippen molar-refractivity contribution < 1.29 is 10.2 Å². The van der Waals surface area contributed by atoms with Crippen LogP contribution < -0.4 is 0 Å². The third-order valence-electron chi connectivity index (χ3n) is 6.88. The molecular weight excluding hydrogens is 408 g/mol. The maximum atomic E-state index is 11.2. The van der Waals surface area contributed by atoms with Gasteiger partial charge < -0.3 is 10.2 Å². The van der Waals surface area contributed by atoms with Crippen LogP contribution in [0.2, 0.25) is 0 Å². The van der Waals surface area contributed by atoms with Crippen LogP contribution in [0.3, 0.4) is 0 Å². The molecule has 2 aromatic carbocycles. The van der Waals surface area contributed by atoms with Crippen LogP contribution in [0.5, 0.6) is 11.5 Å². The van der Waals surface area contributed by atoms with Gasteiger partial charge in [0.05, 0.1) is 6.04 Å². The van der Waals surface area contributed by atoms with Crippen molar-refractivity contribution in [3.05, 3.63) is 58.7 Å². The molecule has 1 aliphatic carbocycles. The minimum absolute atomic E-state index is 0.0103. The summed E-state index contributed by atoms with van der Waals surface area (Å²) in [5.41, 5.74) is 3.89. The molecule has 33 heavy (non-hydrogen) atoms. The molecule has 0 heterocycles. The highest BCUT2D eigenvalue weighted by atomic mass is 16.3. The molecule has 0 aliphatic heterocycles. The van der Waals surface area contributed by atoms with Gasteiger partial charge in [-0.3, -0.25) is 9.89 Å². The lowest BCUT2D eigenvalue weighted by Crippen LogP contribution is -2.42. The van der Waals surface area contributed by atoms with Crippen LogP contribution in [0.25, 0.3) is 0 Å². The molecular formula is C29H42N2O2. The minimum atomic E-state index is -0.131. The number of nitrogens with zero attached hydrogens (tertiary/aromatic N) is 2. The van der Waals surface area contributed by atoms with Crippen LogP contribution in [0.4, 0.5) is 0 Å². The largest absolute Gasteiger partial charge is 0.507 e. The third-order valence-corrected chi connectivity index (χ3v) is 6.88. The number of phenolic OH excluding ortho intramolecular Hbond substituents is 2. The number of hydrogen-bond donors (Lipinski definition) is 2. The molecule has 0 aromatic heterocycles. The summed E-state index contributed by atoms with van der Waals surface area (Å²) in [5, 5.41) is 21.3. The van der Waals surface area contributed by atoms with Crippen LogP contribution in [0, 0.1) is 0 Å². The number of rotatable bonds is 5. The normalized spacial score (nSPS) is 20.0. The van der Waals surface area contributed by atoms with E-state index in [0.29, 0.717) is 18.3 Å². The number of benzene rings is 2. The van der Waals surface area contributed by atoms with E-state index in [1.165, 1.54) is 18.4 Å². The highest BCUT2D eigenvalue weighted by molar-refractivity contribution is 5.83. The lowest BCUT2D eigenvalue weighted by molar-refractivity contribution is 0.162. The van der Waals surface area contributed by atoms with Crippen molar-refractivity contribution in [3.8, 4) is 11.5 Å². The van der Waals surface area contributed by atoms with Crippen LogP contribution in [-0.4, -0.2) is 40.5 Å². The first-order valence-electron chi connectivity index (χ1n) is 12.3. The quantitative estimate of drug-likeness (QED) is 0.508. The van der Waals surface area contributed by atoms with E-state index in [0.717, 1.165) is 29.5 Å². The molecule has 0 amide bonds. The van der Waals surface area contributed by atoms with Gasteiger partial charge in [-0.25, -0.2) is 0 Å². The Kier molecular flexibility index (Phi) is 7.58. The topological polar surface area (TPSA) is 56.1 Å². The Morgan fingerprint density at radius 1 is 0.970 bits per heavy atom. The van der Waals surface area contributed by atoms with E-state index in [4.69, 9.17) is 4.99 Å². The SMILES string of the molecule is CN(Cc1cc(C(C)(C)C)cc(C(C)(C)C)c1O)C1CCCCC1N=Cc1ccccc1O. The summed E-state index contributed by atoms with van der Waals surface area (Å²) in [6, 6.07) is 12.2. The number of aromatic hydroxyl groups is 2. The molecule has 3 rings (SSSR count). The Morgan fingerprint density at radius 2 is 1.64 bits per heavy atom. The fraction of sp³-hybridized carbons (Fsp3) is 0.552. The molecule has 0 saturated heterocycles. The first kappa shape index (κ1) is 25.3. The summed E-state index contributed by atoms with van der Waals surface area (Å²) in [4.78, 5) is 7.27. The molecule has 1 saturated carbocycles. The van der Waals surface area contributed by atoms with Gasteiger partial charge in [0, 0.05) is 29.9 Å². The van der Waals surface area contributed by atoms with E-state index >= 15 is 0 Å². The maximum absolute atomic E-state index is 11.2. The zero-order valence-corrected chi connectivity index (χ0v) is 21.5. The third kappa shape index (κ3) is 6.17. The van der Waals surface area contributed by atoms with Gasteiger partial charge in [-0.05, 0) is 54.0 Å². The standard InChI is InChI=1S/C29H42N2O2/c1-28(2,3)22-16-21(27(33)23(17-22)29(4,5)6)19-31(7)25-14-10-9-13-24(25)30-18-20-12-8-11-15-26(20)32/h8,11-12,15-18,24-25,32-33H,9-10,13-14,19H2,1-7H3. The van der Waals surface area contributed by atoms with Gasteiger partial charge in [-0.1, -0.05) is 78.6 Å². The zero-order valence-electron chi connectivity index (χ0n) is 21.5. The Labute approximate surface area is 200 Å². The highest BCUT2D eigenvalue weighted by Crippen LogP contribution is 2.38. The molecule has 2 aromatic rings. The molecule has 180 valence electrons. The van der Waals surface area contributed by atoms with Crippen molar-refractivity contribution in [3.63, 3.8) is 0 Å². The lowest BCUT2D eigenvalue weighted by atomic mass is 9.78. The summed E-state index contributed by atoms with van der Waals surface area (Å²) in [7, 11) is 2.15. The molecule has 4 heteroatoms. The Balaban J connectivity index is 1.88. The maximum Gasteiger partial charge on any atom is 0.124 e. The second-order valence-corrected chi connectivity index (χ2v) is 11.7. The summed E-state index contributed by atoms with van der Waals surface area (Å²) in [6.07, 6.45) is 6.32. The minimum Gasteiger partial charge on any atom is -0.507 e. The number of para-hydroxylation sites is 1. The summed E-state index contributed by atoms with van der Waals surface area (Å²) in [6.45, 7) is 13.8. The van der Waals surface area contributed by atoms with Crippen molar-refractivity contribution in [1.82, 2.24) is 4.90 Å². The molecule has 2 unspecified atom stereocenters. The first-order chi connectivity index (χ1) is 15.4. The average Bonchev–Trinajstić information content (AvgIpc) is 2.73. The van der Waals surface area contributed by atoms with E-state index < -0.39 is 0 Å². The molecule has 1 fully saturated rings. The van der Waals surface area contributed by atoms with E-state index in [1.807, 2.05) is 24.4 Å². The summed E-state index contributed by atoms with van der Waals surface area (Å²) in [5.74, 6) is 0.688. The summed E-state index contributed by atoms with van der Waals surface area (Å²) >= 11 is 0. The second-order valence-electron chi connectivity index (χ2n) is 11.7. The molecule has 0 radical (unpaired) electrons. The Hall–Kier alpha value is -2.33. The van der Waals surface area contributed by atoms with Crippen molar-refractivity contribution in [1.29, 1.82) is 0 Å². The predicted molar refractivity (Wildman–Crippen MR) is 139 cm³/mol. The van der Waals surface area contributed by atoms with Crippen molar-refractivity contribution in [2.75, 3.05) is 7.05 Å². The number of phenols is 2. The molecule has 4 nitrogen and oxygen atoms in total. The molecule has 1 aliphatic rings. The van der Waals surface area contributed by atoms with E-state index in [-0.39, 0.29) is 22.6 Å². The van der Waals surface area contributed by atoms with Crippen LogP contribution in [0.1, 0.15) is 89.5 Å². The second kappa shape index (κ2) is 9.89. The Bertz CT molecular complexity index is 982. The molecule has 2 N–H and O–H groups in total. The van der Waals surface area contributed by atoms with Crippen molar-refractivity contribution in [2.45, 2.75) is 96.7 Å². The van der Waals surface area contributed by atoms with Crippen LogP contribution in [0.15, 0.2) is 41.4 Å². The van der Waals surface area contributed by atoms with Gasteiger partial charge in [0.2, 0.25) is 0 Å². The predicted octanol–water partition coefficient (Wildman–Crippen LogP) is 6.55. The molecule has 0 spiro atoms. The zero-order chi connectivity index (χ0) is 24.4. The van der Waals surface area contributed by atoms with Crippen molar-refractivity contribution in [2.24, 2.45) is 4.99 Å². The first-order valence-corrected chi connectivity index (χ1v) is 12.3. The van der Waals surface area contributed by atoms with Crippen molar-refractivity contribution >= 4 is 6.21 Å². The van der Waals surface area contributed by atoms with Gasteiger partial charge in [0.1, 0.15) is 11.5 Å². The molecule has 0 bridgehead atoms. The summed E-state index contributed by atoms with van der Waals surface area (Å²) < 4.78 is 0. The smallest absolute Gasteiger partial charge is 0.124 e. The molecule has 2 atom stereocenters. The van der Waals surface area contributed by atoms with E-state index in [1.54, 1.807) is 6.07 Å². The highest BCUT2D eigenvalue weighted by Gasteiger charge is 2.30. The van der Waals surface area contributed by atoms with Crippen LogP contribution >= 0.6 is 0 Å². The number of hydrogen-bond acceptors (Lipinski definition) is 4. The monoisotopic (exact) mass is 450 g/mol. The van der Waals surface area contributed by atoms with Gasteiger partial charge >= 0.3 is 0 Å². The number of likely N-dealkylation sites (N-methyl/N-ethyl adjacent to an activating group) is 1. The van der Waals surface area contributed by atoms with Gasteiger partial charge in [-0.2, -0.15) is 0 Å². The van der Waals surface area contributed by atoms with Crippen LogP contribution in [-0.2, 0) is 17.4 Å². The fourth-order valence-electron chi connectivity index (χ4n) is 4.76.